The van der Waals surface area contributed by atoms with Gasteiger partial charge in [-0.25, -0.2) is 0 Å². The molecule has 0 unspecified atom stereocenters. The Kier molecular flexibility index (Phi) is 5.88. The Labute approximate surface area is 116 Å². The van der Waals surface area contributed by atoms with Gasteiger partial charge in [0, 0.05) is 28.1 Å². The summed E-state index contributed by atoms with van der Waals surface area (Å²) in [4.78, 5) is 22.4. The van der Waals surface area contributed by atoms with Crippen molar-refractivity contribution >= 4 is 11.9 Å². The monoisotopic (exact) mass is 292 g/mol. The van der Waals surface area contributed by atoms with Crippen molar-refractivity contribution in [3.63, 3.8) is 0 Å². The molecule has 0 aromatic carbocycles. The Morgan fingerprint density at radius 1 is 0.750 bits per heavy atom. The smallest absolute Gasteiger partial charge is 0.303 e. The number of hydrogen-bond donors (Lipinski definition) is 2. The molecule has 6 atom stereocenters. The first kappa shape index (κ1) is 16.8. The lowest BCUT2D eigenvalue weighted by atomic mass is 9.84. The lowest BCUT2D eigenvalue weighted by Crippen LogP contribution is -2.66. The predicted octanol–water partition coefficient (Wildman–Crippen LogP) is -1.38. The van der Waals surface area contributed by atoms with Gasteiger partial charge in [0.25, 0.3) is 0 Å². The van der Waals surface area contributed by atoms with Crippen LogP contribution in [0.15, 0.2) is 0 Å². The zero-order chi connectivity index (χ0) is 15.4. The van der Waals surface area contributed by atoms with Gasteiger partial charge in [-0.2, -0.15) is 0 Å². The molecule has 1 saturated carbocycles. The van der Waals surface area contributed by atoms with E-state index in [-0.39, 0.29) is 0 Å². The molecule has 0 spiro atoms. The topological polar surface area (TPSA) is 112 Å². The minimum Gasteiger partial charge on any atom is -0.456 e. The molecule has 8 nitrogen and oxygen atoms in total. The van der Waals surface area contributed by atoms with Crippen molar-refractivity contribution in [1.29, 1.82) is 0 Å². The molecule has 8 heteroatoms. The van der Waals surface area contributed by atoms with Crippen LogP contribution in [0.1, 0.15) is 13.8 Å². The van der Waals surface area contributed by atoms with Crippen LogP contribution >= 0.6 is 0 Å². The largest absolute Gasteiger partial charge is 0.456 e. The van der Waals surface area contributed by atoms with Crippen LogP contribution < -0.4 is 0 Å². The van der Waals surface area contributed by atoms with Crippen LogP contribution in [-0.2, 0) is 28.5 Å². The molecule has 1 aliphatic carbocycles. The van der Waals surface area contributed by atoms with Crippen molar-refractivity contribution < 1.29 is 38.7 Å². The molecule has 0 aromatic heterocycles. The third-order valence-electron chi connectivity index (χ3n) is 3.14. The van der Waals surface area contributed by atoms with Gasteiger partial charge in [0.05, 0.1) is 0 Å². The number of carbonyl (C=O) groups is 2. The fraction of sp³-hybridized carbons (Fsp3) is 0.833. The van der Waals surface area contributed by atoms with Crippen molar-refractivity contribution in [2.75, 3.05) is 14.2 Å². The van der Waals surface area contributed by atoms with Gasteiger partial charge in [-0.05, 0) is 0 Å². The quantitative estimate of drug-likeness (QED) is 0.610. The van der Waals surface area contributed by atoms with Gasteiger partial charge in [-0.3, -0.25) is 9.59 Å². The van der Waals surface area contributed by atoms with E-state index in [1.165, 1.54) is 28.1 Å². The van der Waals surface area contributed by atoms with E-state index in [9.17, 15) is 19.8 Å². The van der Waals surface area contributed by atoms with Crippen molar-refractivity contribution in [1.82, 2.24) is 0 Å². The van der Waals surface area contributed by atoms with E-state index in [4.69, 9.17) is 18.9 Å². The molecule has 1 rings (SSSR count). The summed E-state index contributed by atoms with van der Waals surface area (Å²) in [5.41, 5.74) is 0. The van der Waals surface area contributed by atoms with Crippen molar-refractivity contribution in [3.05, 3.63) is 0 Å². The van der Waals surface area contributed by atoms with E-state index in [1.807, 2.05) is 0 Å². The van der Waals surface area contributed by atoms with Gasteiger partial charge < -0.3 is 29.2 Å². The molecule has 0 bridgehead atoms. The minimum absolute atomic E-state index is 0.632. The SMILES string of the molecule is CO[C@@H]1[C@H](O)[C@H](O)[C@@H](OC)[C@H](OC(C)=O)[C@H]1OC(C)=O. The molecular weight excluding hydrogens is 272 g/mol. The van der Waals surface area contributed by atoms with Crippen LogP contribution in [0.25, 0.3) is 0 Å². The standard InChI is InChI=1S/C12H20O8/c1-5(13)19-11-9(17-3)7(15)8(16)10(18-4)12(11)20-6(2)14/h7-12,15-16H,1-4H3/t7-,8+,9-,10-,11+,12+/m1/s1. The number of aliphatic hydroxyl groups excluding tert-OH is 2. The second-order valence-corrected chi connectivity index (χ2v) is 4.53. The van der Waals surface area contributed by atoms with Gasteiger partial charge >= 0.3 is 11.9 Å². The number of carbonyl (C=O) groups excluding carboxylic acids is 2. The molecule has 0 amide bonds. The molecule has 1 aliphatic rings. The van der Waals surface area contributed by atoms with Crippen molar-refractivity contribution in [2.24, 2.45) is 0 Å². The molecule has 0 radical (unpaired) electrons. The lowest BCUT2D eigenvalue weighted by Gasteiger charge is -2.45. The molecule has 0 saturated heterocycles. The number of methoxy groups -OCH3 is 2. The summed E-state index contributed by atoms with van der Waals surface area (Å²) in [6.07, 6.45) is -6.92. The molecule has 0 heterocycles. The van der Waals surface area contributed by atoms with Gasteiger partial charge in [0.15, 0.2) is 12.2 Å². The maximum atomic E-state index is 11.2. The van der Waals surface area contributed by atoms with Crippen molar-refractivity contribution in [3.8, 4) is 0 Å². The summed E-state index contributed by atoms with van der Waals surface area (Å²) in [7, 11) is 2.57. The third kappa shape index (κ3) is 3.45. The molecule has 0 aromatic rings. The van der Waals surface area contributed by atoms with Gasteiger partial charge in [-0.15, -0.1) is 0 Å². The summed E-state index contributed by atoms with van der Waals surface area (Å²) in [5.74, 6) is -1.26. The maximum absolute atomic E-state index is 11.2. The number of esters is 2. The Morgan fingerprint density at radius 2 is 1.05 bits per heavy atom. The molecule has 116 valence electrons. The third-order valence-corrected chi connectivity index (χ3v) is 3.14. The highest BCUT2D eigenvalue weighted by Gasteiger charge is 2.54. The molecule has 0 aliphatic heterocycles. The number of hydrogen-bond acceptors (Lipinski definition) is 8. The van der Waals surface area contributed by atoms with Crippen LogP contribution in [0.4, 0.5) is 0 Å². The van der Waals surface area contributed by atoms with Gasteiger partial charge in [0.1, 0.15) is 24.4 Å². The molecule has 20 heavy (non-hydrogen) atoms. The highest BCUT2D eigenvalue weighted by atomic mass is 16.6. The first-order chi connectivity index (χ1) is 9.33. The highest BCUT2D eigenvalue weighted by Crippen LogP contribution is 2.29. The van der Waals surface area contributed by atoms with E-state index in [0.717, 1.165) is 0 Å². The lowest BCUT2D eigenvalue weighted by molar-refractivity contribution is -0.249. The van der Waals surface area contributed by atoms with E-state index < -0.39 is 48.6 Å². The second-order valence-electron chi connectivity index (χ2n) is 4.53. The number of ether oxygens (including phenoxy) is 4. The minimum atomic E-state index is -1.35. The summed E-state index contributed by atoms with van der Waals surface area (Å²) in [6.45, 7) is 2.35. The van der Waals surface area contributed by atoms with E-state index in [0.29, 0.717) is 0 Å². The van der Waals surface area contributed by atoms with Crippen LogP contribution in [0, 0.1) is 0 Å². The zero-order valence-electron chi connectivity index (χ0n) is 11.8. The molecule has 2 N–H and O–H groups in total. The zero-order valence-corrected chi connectivity index (χ0v) is 11.8. The fourth-order valence-corrected chi connectivity index (χ4v) is 2.35. The number of rotatable bonds is 4. The molecule has 1 fully saturated rings. The van der Waals surface area contributed by atoms with Crippen LogP contribution in [-0.4, -0.2) is 73.0 Å². The summed E-state index contributed by atoms with van der Waals surface area (Å²) < 4.78 is 20.2. The van der Waals surface area contributed by atoms with Crippen LogP contribution in [0.5, 0.6) is 0 Å². The Bertz CT molecular complexity index is 323. The highest BCUT2D eigenvalue weighted by molar-refractivity contribution is 5.67. The van der Waals surface area contributed by atoms with Crippen LogP contribution in [0.2, 0.25) is 0 Å². The van der Waals surface area contributed by atoms with Gasteiger partial charge in [0.2, 0.25) is 0 Å². The predicted molar refractivity (Wildman–Crippen MR) is 64.7 cm³/mol. The Morgan fingerprint density at radius 3 is 1.25 bits per heavy atom. The Balaban J connectivity index is 3.11. The van der Waals surface area contributed by atoms with Crippen molar-refractivity contribution in [2.45, 2.75) is 50.5 Å². The first-order valence-electron chi connectivity index (χ1n) is 6.09. The second kappa shape index (κ2) is 6.98. The van der Waals surface area contributed by atoms with E-state index >= 15 is 0 Å². The maximum Gasteiger partial charge on any atom is 0.303 e. The normalized spacial score (nSPS) is 37.3. The van der Waals surface area contributed by atoms with E-state index in [1.54, 1.807) is 0 Å². The average molecular weight is 292 g/mol. The number of aliphatic hydroxyl groups is 2. The Hall–Kier alpha value is -1.22. The fourth-order valence-electron chi connectivity index (χ4n) is 2.35. The van der Waals surface area contributed by atoms with Crippen LogP contribution in [0.3, 0.4) is 0 Å². The summed E-state index contributed by atoms with van der Waals surface area (Å²) in [5, 5.41) is 20.0. The first-order valence-corrected chi connectivity index (χ1v) is 6.09. The summed E-state index contributed by atoms with van der Waals surface area (Å²) >= 11 is 0. The van der Waals surface area contributed by atoms with Gasteiger partial charge in [-0.1, -0.05) is 0 Å². The summed E-state index contributed by atoms with van der Waals surface area (Å²) in [6, 6.07) is 0. The molecular formula is C12H20O8. The average Bonchev–Trinajstić information content (AvgIpc) is 2.35. The van der Waals surface area contributed by atoms with E-state index in [2.05, 4.69) is 0 Å².